The predicted octanol–water partition coefficient (Wildman–Crippen LogP) is 3.56. The summed E-state index contributed by atoms with van der Waals surface area (Å²) in [5.41, 5.74) is 4.78. The van der Waals surface area contributed by atoms with E-state index in [9.17, 15) is 15.2 Å². The van der Waals surface area contributed by atoms with Crippen molar-refractivity contribution >= 4 is 5.97 Å². The highest BCUT2D eigenvalue weighted by Gasteiger charge is 2.44. The molecule has 0 saturated carbocycles. The summed E-state index contributed by atoms with van der Waals surface area (Å²) < 4.78 is 5.79. The number of carbonyl (C=O) groups is 1. The summed E-state index contributed by atoms with van der Waals surface area (Å²) in [4.78, 5) is 15.7. The highest BCUT2D eigenvalue weighted by atomic mass is 16.5. The maximum Gasteiger partial charge on any atom is 0.303 e. The van der Waals surface area contributed by atoms with Crippen LogP contribution >= 0.6 is 0 Å². The lowest BCUT2D eigenvalue weighted by molar-refractivity contribution is -0.136. The first-order valence-electron chi connectivity index (χ1n) is 12.4. The predicted molar refractivity (Wildman–Crippen MR) is 135 cm³/mol. The summed E-state index contributed by atoms with van der Waals surface area (Å²) in [6.45, 7) is 6.35. The lowest BCUT2D eigenvalue weighted by Gasteiger charge is -2.46. The summed E-state index contributed by atoms with van der Waals surface area (Å²) in [6, 6.07) is 13.7. The van der Waals surface area contributed by atoms with Crippen molar-refractivity contribution in [2.24, 2.45) is 0 Å². The van der Waals surface area contributed by atoms with Gasteiger partial charge in [0.05, 0.1) is 11.7 Å². The molecule has 0 radical (unpaired) electrons. The SMILES string of the molecule is CCN(C)C1(N(C)CC)CCc2cc(CC(O)COc3cc(CCC(=O)O)ccc3C#N)ccc21. The standard InChI is InChI=1S/C28H37N3O4/c1-5-30(3)28(31(4)6-2)14-13-22-15-21(8-11-25(22)28)16-24(32)19-35-26-17-20(9-12-27(33)34)7-10-23(26)18-29/h7-8,10-11,15,17,24,32H,5-6,9,12-14,16,19H2,1-4H3,(H,33,34). The number of carboxylic acids is 1. The molecule has 1 atom stereocenters. The van der Waals surface area contributed by atoms with E-state index in [0.717, 1.165) is 37.1 Å². The van der Waals surface area contributed by atoms with E-state index in [4.69, 9.17) is 9.84 Å². The molecule has 0 bridgehead atoms. The molecule has 1 aliphatic carbocycles. The Morgan fingerprint density at radius 1 is 1.14 bits per heavy atom. The van der Waals surface area contributed by atoms with E-state index < -0.39 is 12.1 Å². The van der Waals surface area contributed by atoms with Crippen molar-refractivity contribution in [3.8, 4) is 11.8 Å². The minimum atomic E-state index is -0.874. The van der Waals surface area contributed by atoms with Gasteiger partial charge in [0.1, 0.15) is 24.1 Å². The van der Waals surface area contributed by atoms with Crippen LogP contribution in [0.3, 0.4) is 0 Å². The smallest absolute Gasteiger partial charge is 0.303 e. The molecule has 0 heterocycles. The fraction of sp³-hybridized carbons (Fsp3) is 0.500. The van der Waals surface area contributed by atoms with Crippen molar-refractivity contribution in [1.82, 2.24) is 9.80 Å². The number of benzene rings is 2. The van der Waals surface area contributed by atoms with Crippen LogP contribution in [0.2, 0.25) is 0 Å². The van der Waals surface area contributed by atoms with Crippen LogP contribution in [0, 0.1) is 11.3 Å². The summed E-state index contributed by atoms with van der Waals surface area (Å²) in [6.07, 6.45) is 2.13. The molecule has 0 aromatic heterocycles. The molecule has 0 fully saturated rings. The number of aryl methyl sites for hydroxylation is 2. The van der Waals surface area contributed by atoms with Gasteiger partial charge in [0.15, 0.2) is 0 Å². The van der Waals surface area contributed by atoms with E-state index in [0.29, 0.717) is 24.2 Å². The van der Waals surface area contributed by atoms with Gasteiger partial charge in [0, 0.05) is 12.8 Å². The summed E-state index contributed by atoms with van der Waals surface area (Å²) in [5.74, 6) is -0.500. The largest absolute Gasteiger partial charge is 0.489 e. The third-order valence-electron chi connectivity index (χ3n) is 7.25. The Morgan fingerprint density at radius 2 is 1.83 bits per heavy atom. The van der Waals surface area contributed by atoms with E-state index >= 15 is 0 Å². The van der Waals surface area contributed by atoms with Gasteiger partial charge in [-0.15, -0.1) is 0 Å². The molecule has 0 spiro atoms. The molecule has 2 aromatic rings. The number of hydrogen-bond acceptors (Lipinski definition) is 6. The van der Waals surface area contributed by atoms with Crippen LogP contribution in [0.4, 0.5) is 0 Å². The Balaban J connectivity index is 1.69. The van der Waals surface area contributed by atoms with E-state index in [2.05, 4.69) is 62.0 Å². The van der Waals surface area contributed by atoms with Gasteiger partial charge in [-0.25, -0.2) is 0 Å². The number of aliphatic carboxylic acids is 1. The number of ether oxygens (including phenoxy) is 1. The monoisotopic (exact) mass is 479 g/mol. The van der Waals surface area contributed by atoms with Crippen LogP contribution in [0.25, 0.3) is 0 Å². The summed E-state index contributed by atoms with van der Waals surface area (Å²) >= 11 is 0. The number of rotatable bonds is 12. The van der Waals surface area contributed by atoms with E-state index in [1.54, 1.807) is 18.2 Å². The van der Waals surface area contributed by atoms with Gasteiger partial charge in [0.2, 0.25) is 0 Å². The van der Waals surface area contributed by atoms with Gasteiger partial charge in [-0.3, -0.25) is 14.6 Å². The summed E-state index contributed by atoms with van der Waals surface area (Å²) in [7, 11) is 4.37. The normalized spacial score (nSPS) is 15.1. The van der Waals surface area contributed by atoms with Crippen LogP contribution in [0.15, 0.2) is 36.4 Å². The molecular weight excluding hydrogens is 442 g/mol. The number of hydrogen-bond donors (Lipinski definition) is 2. The Labute approximate surface area is 208 Å². The number of nitriles is 1. The Kier molecular flexibility index (Phi) is 8.90. The number of aliphatic hydroxyl groups is 1. The zero-order valence-electron chi connectivity index (χ0n) is 21.3. The van der Waals surface area contributed by atoms with Crippen LogP contribution in [-0.4, -0.2) is 65.9 Å². The molecule has 1 aliphatic rings. The highest BCUT2D eigenvalue weighted by molar-refractivity contribution is 5.67. The van der Waals surface area contributed by atoms with Crippen LogP contribution in [-0.2, 0) is 29.7 Å². The molecule has 35 heavy (non-hydrogen) atoms. The lowest BCUT2D eigenvalue weighted by Crippen LogP contribution is -2.53. The van der Waals surface area contributed by atoms with Crippen molar-refractivity contribution in [3.05, 3.63) is 64.2 Å². The number of carboxylic acid groups (broad SMARTS) is 1. The minimum absolute atomic E-state index is 0.00960. The second-order valence-corrected chi connectivity index (χ2v) is 9.34. The van der Waals surface area contributed by atoms with Crippen molar-refractivity contribution in [2.75, 3.05) is 33.8 Å². The van der Waals surface area contributed by atoms with Gasteiger partial charge in [-0.05, 0) is 80.8 Å². The molecule has 7 nitrogen and oxygen atoms in total. The number of fused-ring (bicyclic) bond motifs is 1. The zero-order chi connectivity index (χ0) is 25.6. The highest BCUT2D eigenvalue weighted by Crippen LogP contribution is 2.43. The first kappa shape index (κ1) is 26.7. The fourth-order valence-corrected chi connectivity index (χ4v) is 5.12. The first-order chi connectivity index (χ1) is 16.7. The fourth-order valence-electron chi connectivity index (χ4n) is 5.12. The van der Waals surface area contributed by atoms with Crippen molar-refractivity contribution < 1.29 is 19.7 Å². The molecule has 0 amide bonds. The Bertz CT molecular complexity index is 1070. The second kappa shape index (κ2) is 11.7. The second-order valence-electron chi connectivity index (χ2n) is 9.34. The third kappa shape index (κ3) is 5.84. The van der Waals surface area contributed by atoms with E-state index in [1.165, 1.54) is 11.1 Å². The average molecular weight is 480 g/mol. The minimum Gasteiger partial charge on any atom is -0.489 e. The molecule has 0 saturated heterocycles. The van der Waals surface area contributed by atoms with Crippen LogP contribution in [0.5, 0.6) is 5.75 Å². The van der Waals surface area contributed by atoms with Gasteiger partial charge in [-0.1, -0.05) is 38.1 Å². The maximum absolute atomic E-state index is 10.9. The maximum atomic E-state index is 10.9. The first-order valence-corrected chi connectivity index (χ1v) is 12.4. The van der Waals surface area contributed by atoms with Gasteiger partial charge in [0.25, 0.3) is 0 Å². The summed E-state index contributed by atoms with van der Waals surface area (Å²) in [5, 5.41) is 29.0. The van der Waals surface area contributed by atoms with Gasteiger partial charge >= 0.3 is 5.97 Å². The van der Waals surface area contributed by atoms with Crippen LogP contribution < -0.4 is 4.74 Å². The molecule has 188 valence electrons. The Hall–Kier alpha value is -2.92. The zero-order valence-corrected chi connectivity index (χ0v) is 21.3. The number of aliphatic hydroxyl groups excluding tert-OH is 1. The van der Waals surface area contributed by atoms with Crippen LogP contribution in [0.1, 0.15) is 54.5 Å². The van der Waals surface area contributed by atoms with Crippen molar-refractivity contribution in [1.29, 1.82) is 5.26 Å². The molecule has 0 aliphatic heterocycles. The van der Waals surface area contributed by atoms with Gasteiger partial charge in [-0.2, -0.15) is 5.26 Å². The topological polar surface area (TPSA) is 97.0 Å². The quantitative estimate of drug-likeness (QED) is 0.449. The van der Waals surface area contributed by atoms with E-state index in [-0.39, 0.29) is 18.7 Å². The van der Waals surface area contributed by atoms with E-state index in [1.807, 2.05) is 0 Å². The van der Waals surface area contributed by atoms with Crippen molar-refractivity contribution in [2.45, 2.75) is 57.7 Å². The lowest BCUT2D eigenvalue weighted by atomic mass is 9.95. The molecular formula is C28H37N3O4. The molecule has 2 aromatic carbocycles. The molecule has 3 rings (SSSR count). The average Bonchev–Trinajstić information content (AvgIpc) is 3.24. The van der Waals surface area contributed by atoms with Crippen molar-refractivity contribution in [3.63, 3.8) is 0 Å². The Morgan fingerprint density at radius 3 is 2.46 bits per heavy atom. The molecule has 1 unspecified atom stereocenters. The van der Waals surface area contributed by atoms with Gasteiger partial charge < -0.3 is 14.9 Å². The third-order valence-corrected chi connectivity index (χ3v) is 7.25. The molecule has 2 N–H and O–H groups in total. The molecule has 7 heteroatoms. The number of nitrogens with zero attached hydrogens (tertiary/aromatic N) is 3.